The molecular formula is C15H14N4O3S. The van der Waals surface area contributed by atoms with Crippen molar-refractivity contribution in [1.82, 2.24) is 20.5 Å². The molecule has 7 nitrogen and oxygen atoms in total. The highest BCUT2D eigenvalue weighted by Crippen LogP contribution is 2.26. The topological polar surface area (TPSA) is 91.4 Å². The number of thiazole rings is 1. The van der Waals surface area contributed by atoms with Crippen LogP contribution in [0, 0.1) is 0 Å². The molecule has 0 saturated carbocycles. The number of hydrogen-bond donors (Lipinski definition) is 2. The predicted octanol–water partition coefficient (Wildman–Crippen LogP) is 1.11. The minimum Gasteiger partial charge on any atom is -0.336 e. The number of benzene rings is 1. The molecule has 8 heteroatoms. The molecule has 1 aromatic heterocycles. The predicted molar refractivity (Wildman–Crippen MR) is 84.2 cm³/mol. The third-order valence-electron chi connectivity index (χ3n) is 4.37. The van der Waals surface area contributed by atoms with Gasteiger partial charge in [0.05, 0.1) is 22.3 Å². The molecule has 23 heavy (non-hydrogen) atoms. The number of hydrogen-bond acceptors (Lipinski definition) is 5. The first-order valence-corrected chi connectivity index (χ1v) is 8.21. The molecule has 1 aromatic carbocycles. The highest BCUT2D eigenvalue weighted by atomic mass is 32.1. The Labute approximate surface area is 135 Å². The molecule has 2 N–H and O–H groups in total. The average Bonchev–Trinajstić information content (AvgIpc) is 3.11. The Hall–Kier alpha value is -2.48. The SMILES string of the molecule is O=C1NC(=O)C2(CCCN(C(=O)c3ccc4ncsc4c3)C2)N1. The van der Waals surface area contributed by atoms with Gasteiger partial charge in [0.25, 0.3) is 11.8 Å². The first kappa shape index (κ1) is 14.1. The lowest BCUT2D eigenvalue weighted by Gasteiger charge is -2.38. The van der Waals surface area contributed by atoms with Gasteiger partial charge >= 0.3 is 6.03 Å². The van der Waals surface area contributed by atoms with Crippen LogP contribution in [0.25, 0.3) is 10.2 Å². The minimum atomic E-state index is -0.987. The fourth-order valence-corrected chi connectivity index (χ4v) is 3.93. The number of fused-ring (bicyclic) bond motifs is 1. The number of carbonyl (C=O) groups is 3. The van der Waals surface area contributed by atoms with Crippen LogP contribution < -0.4 is 10.6 Å². The van der Waals surface area contributed by atoms with Crippen molar-refractivity contribution >= 4 is 39.4 Å². The third-order valence-corrected chi connectivity index (χ3v) is 5.16. The van der Waals surface area contributed by atoms with Crippen molar-refractivity contribution in [2.24, 2.45) is 0 Å². The quantitative estimate of drug-likeness (QED) is 0.766. The van der Waals surface area contributed by atoms with E-state index >= 15 is 0 Å². The highest BCUT2D eigenvalue weighted by molar-refractivity contribution is 7.16. The molecular weight excluding hydrogens is 316 g/mol. The molecule has 1 unspecified atom stereocenters. The van der Waals surface area contributed by atoms with Crippen molar-refractivity contribution in [3.63, 3.8) is 0 Å². The molecule has 3 heterocycles. The van der Waals surface area contributed by atoms with Gasteiger partial charge in [0.1, 0.15) is 5.54 Å². The Balaban J connectivity index is 1.60. The molecule has 4 amide bonds. The average molecular weight is 330 g/mol. The van der Waals surface area contributed by atoms with Crippen molar-refractivity contribution in [3.05, 3.63) is 29.3 Å². The molecule has 1 atom stereocenters. The van der Waals surface area contributed by atoms with Gasteiger partial charge in [-0.05, 0) is 31.0 Å². The Morgan fingerprint density at radius 3 is 3.00 bits per heavy atom. The molecule has 2 aliphatic heterocycles. The van der Waals surface area contributed by atoms with Gasteiger partial charge in [-0.2, -0.15) is 0 Å². The standard InChI is InChI=1S/C15H14N4O3S/c20-12(9-2-3-10-11(6-9)23-8-16-10)19-5-1-4-15(7-19)13(21)17-14(22)18-15/h2-3,6,8H,1,4-5,7H2,(H2,17,18,21,22). The van der Waals surface area contributed by atoms with Crippen molar-refractivity contribution in [3.8, 4) is 0 Å². The van der Waals surface area contributed by atoms with Crippen LogP contribution in [0.5, 0.6) is 0 Å². The van der Waals surface area contributed by atoms with Crippen LogP contribution in [-0.2, 0) is 4.79 Å². The van der Waals surface area contributed by atoms with Gasteiger partial charge in [0.2, 0.25) is 0 Å². The van der Waals surface area contributed by atoms with E-state index in [1.165, 1.54) is 11.3 Å². The molecule has 0 radical (unpaired) electrons. The molecule has 0 aliphatic carbocycles. The van der Waals surface area contributed by atoms with Gasteiger partial charge in [-0.15, -0.1) is 11.3 Å². The summed E-state index contributed by atoms with van der Waals surface area (Å²) < 4.78 is 0.953. The summed E-state index contributed by atoms with van der Waals surface area (Å²) in [4.78, 5) is 42.1. The molecule has 0 bridgehead atoms. The van der Waals surface area contributed by atoms with Crippen LogP contribution in [0.15, 0.2) is 23.7 Å². The van der Waals surface area contributed by atoms with Crippen LogP contribution >= 0.6 is 11.3 Å². The zero-order valence-electron chi connectivity index (χ0n) is 12.2. The van der Waals surface area contributed by atoms with Gasteiger partial charge in [-0.1, -0.05) is 0 Å². The van der Waals surface area contributed by atoms with E-state index in [4.69, 9.17) is 0 Å². The molecule has 118 valence electrons. The number of imide groups is 1. The molecule has 1 spiro atoms. The number of amides is 4. The maximum atomic E-state index is 12.8. The van der Waals surface area contributed by atoms with E-state index < -0.39 is 11.6 Å². The molecule has 2 saturated heterocycles. The Morgan fingerprint density at radius 2 is 2.22 bits per heavy atom. The zero-order valence-corrected chi connectivity index (χ0v) is 13.0. The van der Waals surface area contributed by atoms with Crippen LogP contribution in [0.4, 0.5) is 4.79 Å². The first-order chi connectivity index (χ1) is 11.1. The summed E-state index contributed by atoms with van der Waals surface area (Å²) in [6, 6.07) is 4.90. The number of urea groups is 1. The third kappa shape index (κ3) is 2.26. The zero-order chi connectivity index (χ0) is 16.0. The lowest BCUT2D eigenvalue weighted by atomic mass is 9.89. The van der Waals surface area contributed by atoms with E-state index in [2.05, 4.69) is 15.6 Å². The van der Waals surface area contributed by atoms with Gasteiger partial charge < -0.3 is 10.2 Å². The molecule has 2 fully saturated rings. The van der Waals surface area contributed by atoms with Gasteiger partial charge in [-0.25, -0.2) is 9.78 Å². The Bertz CT molecular complexity index is 833. The summed E-state index contributed by atoms with van der Waals surface area (Å²) in [5.74, 6) is -0.480. The number of aromatic nitrogens is 1. The van der Waals surface area contributed by atoms with E-state index in [0.29, 0.717) is 24.9 Å². The second-order valence-electron chi connectivity index (χ2n) is 5.86. The van der Waals surface area contributed by atoms with Gasteiger partial charge in [-0.3, -0.25) is 14.9 Å². The second kappa shape index (κ2) is 5.02. The summed E-state index contributed by atoms with van der Waals surface area (Å²) in [6.07, 6.45) is 1.21. The fraction of sp³-hybridized carbons (Fsp3) is 0.333. The molecule has 2 aliphatic rings. The normalized spacial score (nSPS) is 24.1. The van der Waals surface area contributed by atoms with E-state index in [9.17, 15) is 14.4 Å². The maximum Gasteiger partial charge on any atom is 0.322 e. The summed E-state index contributed by atoms with van der Waals surface area (Å²) in [7, 11) is 0. The minimum absolute atomic E-state index is 0.131. The summed E-state index contributed by atoms with van der Waals surface area (Å²) in [5, 5.41) is 4.94. The number of rotatable bonds is 1. The van der Waals surface area contributed by atoms with Gasteiger partial charge in [0, 0.05) is 12.1 Å². The van der Waals surface area contributed by atoms with Crippen LogP contribution in [0.2, 0.25) is 0 Å². The summed E-state index contributed by atoms with van der Waals surface area (Å²) in [6.45, 7) is 0.772. The van der Waals surface area contributed by atoms with Crippen LogP contribution in [-0.4, -0.2) is 46.4 Å². The first-order valence-electron chi connectivity index (χ1n) is 7.34. The number of carbonyl (C=O) groups excluding carboxylic acids is 3. The van der Waals surface area contributed by atoms with Crippen molar-refractivity contribution < 1.29 is 14.4 Å². The Kier molecular flexibility index (Phi) is 3.08. The second-order valence-corrected chi connectivity index (χ2v) is 6.74. The van der Waals surface area contributed by atoms with Crippen LogP contribution in [0.1, 0.15) is 23.2 Å². The maximum absolute atomic E-state index is 12.8. The smallest absolute Gasteiger partial charge is 0.322 e. The number of likely N-dealkylation sites (tertiary alicyclic amines) is 1. The monoisotopic (exact) mass is 330 g/mol. The van der Waals surface area contributed by atoms with E-state index in [0.717, 1.165) is 10.2 Å². The van der Waals surface area contributed by atoms with E-state index in [1.54, 1.807) is 16.5 Å². The van der Waals surface area contributed by atoms with Gasteiger partial charge in [0.15, 0.2) is 0 Å². The molecule has 4 rings (SSSR count). The highest BCUT2D eigenvalue weighted by Gasteiger charge is 2.49. The number of nitrogens with one attached hydrogen (secondary N) is 2. The Morgan fingerprint density at radius 1 is 1.35 bits per heavy atom. The van der Waals surface area contributed by atoms with Crippen LogP contribution in [0.3, 0.4) is 0 Å². The van der Waals surface area contributed by atoms with Crippen molar-refractivity contribution in [1.29, 1.82) is 0 Å². The van der Waals surface area contributed by atoms with E-state index in [-0.39, 0.29) is 18.4 Å². The summed E-state index contributed by atoms with van der Waals surface area (Å²) >= 11 is 1.48. The van der Waals surface area contributed by atoms with Crippen molar-refractivity contribution in [2.45, 2.75) is 18.4 Å². The lowest BCUT2D eigenvalue weighted by molar-refractivity contribution is -0.125. The number of piperidine rings is 1. The van der Waals surface area contributed by atoms with E-state index in [1.807, 2.05) is 12.1 Å². The van der Waals surface area contributed by atoms with Crippen molar-refractivity contribution in [2.75, 3.05) is 13.1 Å². The summed E-state index contributed by atoms with van der Waals surface area (Å²) in [5.41, 5.74) is 2.19. The fourth-order valence-electron chi connectivity index (χ4n) is 3.22. The largest absolute Gasteiger partial charge is 0.336 e. The molecule has 2 aromatic rings. The lowest BCUT2D eigenvalue weighted by Crippen LogP contribution is -2.59. The number of nitrogens with zero attached hydrogens (tertiary/aromatic N) is 2.